The Labute approximate surface area is 210 Å². The van der Waals surface area contributed by atoms with E-state index in [0.29, 0.717) is 17.9 Å². The summed E-state index contributed by atoms with van der Waals surface area (Å²) in [5, 5.41) is 8.99. The lowest BCUT2D eigenvalue weighted by atomic mass is 9.91. The minimum atomic E-state index is 0.346. The molecule has 190 valence electrons. The number of nitrogens with zero attached hydrogens (tertiary/aromatic N) is 4. The number of anilines is 1. The monoisotopic (exact) mass is 477 g/mol. The molecule has 0 fully saturated rings. The molecule has 35 heavy (non-hydrogen) atoms. The highest BCUT2D eigenvalue weighted by Crippen LogP contribution is 2.33. The van der Waals surface area contributed by atoms with E-state index in [1.807, 2.05) is 30.8 Å². The second-order valence-corrected chi connectivity index (χ2v) is 8.47. The molecule has 7 heteroatoms. The molecule has 0 aromatic carbocycles. The first-order valence-corrected chi connectivity index (χ1v) is 13.0. The molecule has 7 nitrogen and oxygen atoms in total. The maximum atomic E-state index is 4.66. The van der Waals surface area contributed by atoms with Crippen LogP contribution < -0.4 is 11.1 Å². The quantitative estimate of drug-likeness (QED) is 0.235. The number of pyridine rings is 1. The van der Waals surface area contributed by atoms with Gasteiger partial charge in [-0.3, -0.25) is 0 Å². The summed E-state index contributed by atoms with van der Waals surface area (Å²) in [4.78, 5) is 12.5. The summed E-state index contributed by atoms with van der Waals surface area (Å²) < 4.78 is 2.00. The highest BCUT2D eigenvalue weighted by Gasteiger charge is 2.17. The Morgan fingerprint density at radius 3 is 2.49 bits per heavy atom. The molecule has 4 aromatic rings. The minimum absolute atomic E-state index is 0.346. The fourth-order valence-corrected chi connectivity index (χ4v) is 4.17. The molecule has 4 rings (SSSR count). The molecule has 0 saturated carbocycles. The molecule has 0 amide bonds. The number of nitrogens with two attached hydrogens (primary N) is 1. The van der Waals surface area contributed by atoms with Crippen molar-refractivity contribution >= 4 is 22.5 Å². The third-order valence-corrected chi connectivity index (χ3v) is 6.00. The smallest absolute Gasteiger partial charge is 0.224 e. The lowest BCUT2D eigenvalue weighted by Gasteiger charge is -2.14. The van der Waals surface area contributed by atoms with Gasteiger partial charge in [0, 0.05) is 41.1 Å². The third-order valence-electron chi connectivity index (χ3n) is 6.00. The molecule has 0 spiro atoms. The lowest BCUT2D eigenvalue weighted by molar-refractivity contribution is 0.564. The van der Waals surface area contributed by atoms with Crippen molar-refractivity contribution in [3.05, 3.63) is 55.3 Å². The van der Waals surface area contributed by atoms with Gasteiger partial charge in [-0.05, 0) is 56.0 Å². The Bertz CT molecular complexity index is 1170. The van der Waals surface area contributed by atoms with Gasteiger partial charge in [0.15, 0.2) is 0 Å². The van der Waals surface area contributed by atoms with E-state index in [2.05, 4.69) is 89.9 Å². The van der Waals surface area contributed by atoms with Gasteiger partial charge in [-0.25, -0.2) is 9.50 Å². The molecular formula is C28H43N7. The number of hydrogen-bond acceptors (Lipinski definition) is 5. The predicted molar refractivity (Wildman–Crippen MR) is 150 cm³/mol. The van der Waals surface area contributed by atoms with Crippen molar-refractivity contribution in [2.45, 2.75) is 85.6 Å². The van der Waals surface area contributed by atoms with E-state index in [1.165, 1.54) is 43.0 Å². The van der Waals surface area contributed by atoms with Crippen LogP contribution in [0.5, 0.6) is 0 Å². The predicted octanol–water partition coefficient (Wildman–Crippen LogP) is 7.28. The molecule has 0 aliphatic heterocycles. The second-order valence-electron chi connectivity index (χ2n) is 8.47. The summed E-state index contributed by atoms with van der Waals surface area (Å²) in [5.41, 5.74) is 10.3. The van der Waals surface area contributed by atoms with E-state index in [1.54, 1.807) is 0 Å². The zero-order valence-corrected chi connectivity index (χ0v) is 22.3. The summed E-state index contributed by atoms with van der Waals surface area (Å²) in [6.07, 6.45) is 15.1. The van der Waals surface area contributed by atoms with Gasteiger partial charge in [-0.15, -0.1) is 0 Å². The fourth-order valence-electron chi connectivity index (χ4n) is 4.17. The van der Waals surface area contributed by atoms with E-state index in [4.69, 9.17) is 0 Å². The number of H-pyrrole nitrogens is 1. The standard InChI is InChI=1S/C24H32N6.C2H5N.C2H6/c1-5-8-17(9-6-2)20-15-27-30-11-10-18(12-22(20)30)19-13-25-23-21(19)14-26-24(29-23)28-16(4)7-3;1-2-3;1-2/h10-17H,5-9H2,1-4H3,(H2,25,26,28,29);2H,1,3H2;1-2H3. The molecule has 0 bridgehead atoms. The van der Waals surface area contributed by atoms with Crippen molar-refractivity contribution in [1.82, 2.24) is 24.6 Å². The van der Waals surface area contributed by atoms with Crippen molar-refractivity contribution < 1.29 is 0 Å². The molecular weight excluding hydrogens is 434 g/mol. The van der Waals surface area contributed by atoms with Gasteiger partial charge in [0.2, 0.25) is 5.95 Å². The van der Waals surface area contributed by atoms with Gasteiger partial charge < -0.3 is 16.0 Å². The van der Waals surface area contributed by atoms with Gasteiger partial charge in [0.1, 0.15) is 5.65 Å². The number of aromatic nitrogens is 5. The average molecular weight is 478 g/mol. The van der Waals surface area contributed by atoms with Gasteiger partial charge in [-0.1, -0.05) is 54.0 Å². The highest BCUT2D eigenvalue weighted by atomic mass is 15.2. The van der Waals surface area contributed by atoms with Gasteiger partial charge >= 0.3 is 0 Å². The third kappa shape index (κ3) is 6.84. The summed E-state index contributed by atoms with van der Waals surface area (Å²) in [6, 6.07) is 4.72. The Kier molecular flexibility index (Phi) is 11.3. The Morgan fingerprint density at radius 2 is 1.86 bits per heavy atom. The van der Waals surface area contributed by atoms with Crippen LogP contribution >= 0.6 is 0 Å². The van der Waals surface area contributed by atoms with Crippen LogP contribution in [0.1, 0.15) is 85.1 Å². The first-order valence-electron chi connectivity index (χ1n) is 13.0. The molecule has 0 radical (unpaired) electrons. The largest absolute Gasteiger partial charge is 0.405 e. The lowest BCUT2D eigenvalue weighted by Crippen LogP contribution is -2.15. The minimum Gasteiger partial charge on any atom is -0.405 e. The van der Waals surface area contributed by atoms with Gasteiger partial charge in [0.25, 0.3) is 0 Å². The molecule has 0 aliphatic rings. The van der Waals surface area contributed by atoms with Crippen molar-refractivity contribution in [3.63, 3.8) is 0 Å². The average Bonchev–Trinajstić information content (AvgIpc) is 3.49. The van der Waals surface area contributed by atoms with Crippen LogP contribution in [0.15, 0.2) is 49.7 Å². The Balaban J connectivity index is 0.000000803. The molecule has 4 N–H and O–H groups in total. The van der Waals surface area contributed by atoms with Crippen molar-refractivity contribution in [2.24, 2.45) is 5.73 Å². The summed E-state index contributed by atoms with van der Waals surface area (Å²) >= 11 is 0. The van der Waals surface area contributed by atoms with Crippen LogP contribution in [-0.4, -0.2) is 30.6 Å². The van der Waals surface area contributed by atoms with Crippen LogP contribution in [0.2, 0.25) is 0 Å². The van der Waals surface area contributed by atoms with Crippen LogP contribution in [0.3, 0.4) is 0 Å². The molecule has 4 aromatic heterocycles. The molecule has 1 unspecified atom stereocenters. The zero-order valence-electron chi connectivity index (χ0n) is 22.3. The zero-order chi connectivity index (χ0) is 25.8. The summed E-state index contributed by atoms with van der Waals surface area (Å²) in [6.45, 7) is 15.9. The van der Waals surface area contributed by atoms with E-state index in [0.717, 1.165) is 28.6 Å². The van der Waals surface area contributed by atoms with Crippen molar-refractivity contribution in [1.29, 1.82) is 0 Å². The van der Waals surface area contributed by atoms with Crippen LogP contribution in [-0.2, 0) is 0 Å². The van der Waals surface area contributed by atoms with Gasteiger partial charge in [0.05, 0.1) is 11.7 Å². The van der Waals surface area contributed by atoms with E-state index >= 15 is 0 Å². The number of fused-ring (bicyclic) bond motifs is 2. The molecule has 0 saturated heterocycles. The maximum Gasteiger partial charge on any atom is 0.224 e. The molecule has 4 heterocycles. The van der Waals surface area contributed by atoms with Crippen LogP contribution in [0, 0.1) is 0 Å². The number of nitrogens with one attached hydrogen (secondary N) is 2. The van der Waals surface area contributed by atoms with E-state index < -0.39 is 0 Å². The first kappa shape index (κ1) is 27.9. The fraction of sp³-hybridized carbons (Fsp3) is 0.464. The highest BCUT2D eigenvalue weighted by molar-refractivity contribution is 5.94. The molecule has 1 atom stereocenters. The molecule has 0 aliphatic carbocycles. The number of hydrogen-bond donors (Lipinski definition) is 3. The van der Waals surface area contributed by atoms with Crippen molar-refractivity contribution in [3.8, 4) is 11.1 Å². The maximum absolute atomic E-state index is 4.66. The summed E-state index contributed by atoms with van der Waals surface area (Å²) in [5.74, 6) is 1.23. The SMILES string of the molecule is C=CN.CC.CCCC(CCC)c1cnn2ccc(-c3c[nH]c4nc(NC(C)CC)ncc34)cc12. The Hall–Kier alpha value is -3.35. The van der Waals surface area contributed by atoms with Crippen LogP contribution in [0.4, 0.5) is 5.95 Å². The van der Waals surface area contributed by atoms with Crippen molar-refractivity contribution in [2.75, 3.05) is 5.32 Å². The van der Waals surface area contributed by atoms with E-state index in [-0.39, 0.29) is 0 Å². The van der Waals surface area contributed by atoms with Gasteiger partial charge in [-0.2, -0.15) is 10.1 Å². The van der Waals surface area contributed by atoms with Crippen LogP contribution in [0.25, 0.3) is 27.7 Å². The topological polar surface area (TPSA) is 96.9 Å². The number of aromatic amines is 1. The normalized spacial score (nSPS) is 11.5. The second kappa shape index (κ2) is 14.1. The van der Waals surface area contributed by atoms with E-state index in [9.17, 15) is 0 Å². The number of rotatable bonds is 9. The summed E-state index contributed by atoms with van der Waals surface area (Å²) in [7, 11) is 0. The first-order chi connectivity index (χ1) is 17.1. The Morgan fingerprint density at radius 1 is 1.17 bits per heavy atom.